The third-order valence-corrected chi connectivity index (χ3v) is 3.99. The van der Waals surface area contributed by atoms with E-state index in [1.807, 2.05) is 48.5 Å². The third kappa shape index (κ3) is 4.82. The van der Waals surface area contributed by atoms with Crippen LogP contribution in [0.1, 0.15) is 31.1 Å². The molecule has 2 aromatic carbocycles. The summed E-state index contributed by atoms with van der Waals surface area (Å²) in [5.74, 6) is 0.357. The number of nitrogens with zero attached hydrogens (tertiary/aromatic N) is 1. The molecule has 0 atom stereocenters. The Morgan fingerprint density at radius 1 is 0.964 bits per heavy atom. The minimum absolute atomic E-state index is 0.357. The summed E-state index contributed by atoms with van der Waals surface area (Å²) in [4.78, 5) is 27.8. The minimum atomic E-state index is -0.598. The monoisotopic (exact) mass is 374 g/mol. The van der Waals surface area contributed by atoms with Gasteiger partial charge in [-0.15, -0.1) is 0 Å². The van der Waals surface area contributed by atoms with E-state index in [-0.39, 0.29) is 0 Å². The number of carbonyl (C=O) groups excluding carboxylic acids is 2. The van der Waals surface area contributed by atoms with Gasteiger partial charge < -0.3 is 4.74 Å². The number of hydrogen-bond donors (Lipinski definition) is 1. The molecule has 0 bridgehead atoms. The highest BCUT2D eigenvalue weighted by molar-refractivity contribution is 5.91. The van der Waals surface area contributed by atoms with E-state index >= 15 is 0 Å². The van der Waals surface area contributed by atoms with Crippen molar-refractivity contribution in [1.29, 1.82) is 0 Å². The van der Waals surface area contributed by atoms with Crippen molar-refractivity contribution in [2.24, 2.45) is 0 Å². The van der Waals surface area contributed by atoms with Gasteiger partial charge in [0.2, 0.25) is 0 Å². The van der Waals surface area contributed by atoms with Crippen LogP contribution >= 0.6 is 0 Å². The van der Waals surface area contributed by atoms with Crippen molar-refractivity contribution in [3.8, 4) is 22.3 Å². The van der Waals surface area contributed by atoms with E-state index in [0.29, 0.717) is 11.4 Å². The Bertz CT molecular complexity index is 992. The molecule has 3 rings (SSSR count). The van der Waals surface area contributed by atoms with Gasteiger partial charge in [-0.1, -0.05) is 42.5 Å². The summed E-state index contributed by atoms with van der Waals surface area (Å²) in [5, 5.41) is 2.62. The van der Waals surface area contributed by atoms with Crippen LogP contribution in [0.25, 0.3) is 22.3 Å². The van der Waals surface area contributed by atoms with Crippen LogP contribution in [-0.2, 0) is 4.74 Å². The standard InChI is InChI=1S/C23H22N2O3/c1-23(2,3)28-22(27)25-21-14-18(11-12-24-21)20-10-9-17(13-19(20)15-26)16-7-5-4-6-8-16/h4-15H,1-3H3,(H,24,25,27). The lowest BCUT2D eigenvalue weighted by Crippen LogP contribution is -2.27. The van der Waals surface area contributed by atoms with E-state index in [1.165, 1.54) is 0 Å². The van der Waals surface area contributed by atoms with Crippen molar-refractivity contribution in [2.75, 3.05) is 5.32 Å². The van der Waals surface area contributed by atoms with Crippen LogP contribution in [0.2, 0.25) is 0 Å². The molecule has 1 aromatic heterocycles. The molecule has 0 aliphatic rings. The predicted octanol–water partition coefficient (Wildman–Crippen LogP) is 5.58. The highest BCUT2D eigenvalue weighted by Crippen LogP contribution is 2.29. The van der Waals surface area contributed by atoms with E-state index in [2.05, 4.69) is 10.3 Å². The number of pyridine rings is 1. The van der Waals surface area contributed by atoms with Crippen molar-refractivity contribution in [3.05, 3.63) is 72.4 Å². The molecule has 0 aliphatic carbocycles. The average molecular weight is 374 g/mol. The summed E-state index contributed by atoms with van der Waals surface area (Å²) in [6.45, 7) is 5.38. The molecule has 5 heteroatoms. The van der Waals surface area contributed by atoms with E-state index in [1.54, 1.807) is 39.1 Å². The number of nitrogens with one attached hydrogen (secondary N) is 1. The maximum Gasteiger partial charge on any atom is 0.413 e. The quantitative estimate of drug-likeness (QED) is 0.606. The fourth-order valence-corrected chi connectivity index (χ4v) is 2.81. The Labute approximate surface area is 164 Å². The number of hydrogen-bond acceptors (Lipinski definition) is 4. The molecule has 0 radical (unpaired) electrons. The molecule has 0 saturated heterocycles. The van der Waals surface area contributed by atoms with Crippen LogP contribution in [0.3, 0.4) is 0 Å². The van der Waals surface area contributed by atoms with Gasteiger partial charge in [-0.25, -0.2) is 9.78 Å². The molecular formula is C23H22N2O3. The summed E-state index contributed by atoms with van der Waals surface area (Å²) in [6.07, 6.45) is 1.84. The third-order valence-electron chi connectivity index (χ3n) is 3.99. The Kier molecular flexibility index (Phi) is 5.54. The summed E-state index contributed by atoms with van der Waals surface area (Å²) >= 11 is 0. The number of aldehydes is 1. The normalized spacial score (nSPS) is 11.0. The first-order valence-corrected chi connectivity index (χ1v) is 8.97. The largest absolute Gasteiger partial charge is 0.444 e. The first-order valence-electron chi connectivity index (χ1n) is 8.97. The zero-order chi connectivity index (χ0) is 20.1. The maximum atomic E-state index is 12.0. The van der Waals surface area contributed by atoms with Crippen LogP contribution in [0.4, 0.5) is 10.6 Å². The molecule has 3 aromatic rings. The Balaban J connectivity index is 1.89. The van der Waals surface area contributed by atoms with Gasteiger partial charge >= 0.3 is 6.09 Å². The van der Waals surface area contributed by atoms with E-state index < -0.39 is 11.7 Å². The van der Waals surface area contributed by atoms with Gasteiger partial charge in [0, 0.05) is 11.8 Å². The lowest BCUT2D eigenvalue weighted by atomic mass is 9.96. The van der Waals surface area contributed by atoms with Crippen LogP contribution in [0, 0.1) is 0 Å². The lowest BCUT2D eigenvalue weighted by molar-refractivity contribution is 0.0635. The molecule has 5 nitrogen and oxygen atoms in total. The first-order chi connectivity index (χ1) is 13.4. The van der Waals surface area contributed by atoms with Crippen LogP contribution in [0.15, 0.2) is 66.9 Å². The Morgan fingerprint density at radius 2 is 1.71 bits per heavy atom. The predicted molar refractivity (Wildman–Crippen MR) is 110 cm³/mol. The number of rotatable bonds is 4. The SMILES string of the molecule is CC(C)(C)OC(=O)Nc1cc(-c2ccc(-c3ccccc3)cc2C=O)ccn1. The zero-order valence-corrected chi connectivity index (χ0v) is 16.1. The second-order valence-electron chi connectivity index (χ2n) is 7.34. The van der Waals surface area contributed by atoms with Gasteiger partial charge in [-0.3, -0.25) is 10.1 Å². The maximum absolute atomic E-state index is 12.0. The number of amides is 1. The van der Waals surface area contributed by atoms with Gasteiger partial charge in [0.25, 0.3) is 0 Å². The summed E-state index contributed by atoms with van der Waals surface area (Å²) in [6, 6.07) is 19.1. The molecule has 0 fully saturated rings. The van der Waals surface area contributed by atoms with Crippen LogP contribution in [0.5, 0.6) is 0 Å². The number of ether oxygens (including phenoxy) is 1. The second kappa shape index (κ2) is 8.05. The van der Waals surface area contributed by atoms with Gasteiger partial charge in [-0.05, 0) is 61.2 Å². The molecule has 0 unspecified atom stereocenters. The van der Waals surface area contributed by atoms with E-state index in [4.69, 9.17) is 4.74 Å². The second-order valence-corrected chi connectivity index (χ2v) is 7.34. The number of carbonyl (C=O) groups is 2. The molecule has 1 N–H and O–H groups in total. The molecule has 1 heterocycles. The highest BCUT2D eigenvalue weighted by atomic mass is 16.6. The Morgan fingerprint density at radius 3 is 2.39 bits per heavy atom. The van der Waals surface area contributed by atoms with Crippen LogP contribution in [-0.4, -0.2) is 23.0 Å². The van der Waals surface area contributed by atoms with Crippen molar-refractivity contribution < 1.29 is 14.3 Å². The molecule has 1 amide bonds. The number of anilines is 1. The average Bonchev–Trinajstić information content (AvgIpc) is 2.67. The number of aromatic nitrogens is 1. The van der Waals surface area contributed by atoms with Gasteiger partial charge in [-0.2, -0.15) is 0 Å². The molecule has 142 valence electrons. The van der Waals surface area contributed by atoms with Gasteiger partial charge in [0.15, 0.2) is 6.29 Å². The summed E-state index contributed by atoms with van der Waals surface area (Å²) in [5.41, 5.74) is 3.52. The topological polar surface area (TPSA) is 68.3 Å². The zero-order valence-electron chi connectivity index (χ0n) is 16.1. The smallest absolute Gasteiger partial charge is 0.413 e. The van der Waals surface area contributed by atoms with Crippen molar-refractivity contribution in [3.63, 3.8) is 0 Å². The van der Waals surface area contributed by atoms with Gasteiger partial charge in [0.05, 0.1) is 0 Å². The lowest BCUT2D eigenvalue weighted by Gasteiger charge is -2.19. The van der Waals surface area contributed by atoms with Crippen molar-refractivity contribution in [2.45, 2.75) is 26.4 Å². The molecular weight excluding hydrogens is 352 g/mol. The molecule has 28 heavy (non-hydrogen) atoms. The fourth-order valence-electron chi connectivity index (χ4n) is 2.81. The summed E-state index contributed by atoms with van der Waals surface area (Å²) in [7, 11) is 0. The molecule has 0 spiro atoms. The van der Waals surface area contributed by atoms with Crippen molar-refractivity contribution in [1.82, 2.24) is 4.98 Å². The number of benzene rings is 2. The summed E-state index contributed by atoms with van der Waals surface area (Å²) < 4.78 is 5.25. The van der Waals surface area contributed by atoms with Gasteiger partial charge in [0.1, 0.15) is 11.4 Å². The van der Waals surface area contributed by atoms with Crippen molar-refractivity contribution >= 4 is 18.2 Å². The Hall–Kier alpha value is -3.47. The van der Waals surface area contributed by atoms with Crippen LogP contribution < -0.4 is 5.32 Å². The minimum Gasteiger partial charge on any atom is -0.444 e. The van der Waals surface area contributed by atoms with E-state index in [9.17, 15) is 9.59 Å². The highest BCUT2D eigenvalue weighted by Gasteiger charge is 2.17. The molecule has 0 aliphatic heterocycles. The molecule has 0 saturated carbocycles. The fraction of sp³-hybridized carbons (Fsp3) is 0.174. The first kappa shape index (κ1) is 19.3. The van der Waals surface area contributed by atoms with E-state index in [0.717, 1.165) is 28.5 Å².